The SMILES string of the molecule is C=CCNC(=O)N(C)Cc1nc2ccccc2n1CC. The second-order valence-corrected chi connectivity index (χ2v) is 4.59. The van der Waals surface area contributed by atoms with E-state index in [1.807, 2.05) is 24.3 Å². The number of fused-ring (bicyclic) bond motifs is 1. The van der Waals surface area contributed by atoms with Gasteiger partial charge in [0.05, 0.1) is 17.6 Å². The first-order chi connectivity index (χ1) is 9.67. The van der Waals surface area contributed by atoms with E-state index in [9.17, 15) is 4.79 Å². The van der Waals surface area contributed by atoms with Crippen molar-refractivity contribution in [3.8, 4) is 0 Å². The minimum Gasteiger partial charge on any atom is -0.335 e. The van der Waals surface area contributed by atoms with Crippen LogP contribution in [-0.4, -0.2) is 34.1 Å². The molecule has 1 aromatic heterocycles. The van der Waals surface area contributed by atoms with Gasteiger partial charge in [-0.15, -0.1) is 6.58 Å². The largest absolute Gasteiger partial charge is 0.335 e. The molecule has 0 saturated carbocycles. The van der Waals surface area contributed by atoms with E-state index < -0.39 is 0 Å². The smallest absolute Gasteiger partial charge is 0.317 e. The topological polar surface area (TPSA) is 50.2 Å². The van der Waals surface area contributed by atoms with Gasteiger partial charge in [-0.2, -0.15) is 0 Å². The van der Waals surface area contributed by atoms with Gasteiger partial charge in [-0.25, -0.2) is 9.78 Å². The Kier molecular flexibility index (Phi) is 4.40. The number of nitrogens with one attached hydrogen (secondary N) is 1. The predicted octanol–water partition coefficient (Wildman–Crippen LogP) is 2.38. The monoisotopic (exact) mass is 272 g/mol. The molecule has 0 unspecified atom stereocenters. The third kappa shape index (κ3) is 2.82. The zero-order chi connectivity index (χ0) is 14.5. The number of nitrogens with zero attached hydrogens (tertiary/aromatic N) is 3. The minimum absolute atomic E-state index is 0.125. The van der Waals surface area contributed by atoms with Crippen molar-refractivity contribution < 1.29 is 4.79 Å². The highest BCUT2D eigenvalue weighted by atomic mass is 16.2. The molecule has 106 valence electrons. The molecule has 5 heteroatoms. The van der Waals surface area contributed by atoms with Gasteiger partial charge in [0.1, 0.15) is 5.82 Å². The van der Waals surface area contributed by atoms with Crippen LogP contribution in [0.4, 0.5) is 4.79 Å². The van der Waals surface area contributed by atoms with Crippen molar-refractivity contribution in [2.45, 2.75) is 20.0 Å². The number of benzene rings is 1. The maximum Gasteiger partial charge on any atom is 0.317 e. The van der Waals surface area contributed by atoms with E-state index >= 15 is 0 Å². The number of hydrogen-bond acceptors (Lipinski definition) is 2. The van der Waals surface area contributed by atoms with Crippen LogP contribution in [0.3, 0.4) is 0 Å². The summed E-state index contributed by atoms with van der Waals surface area (Å²) in [5, 5.41) is 2.76. The zero-order valence-corrected chi connectivity index (χ0v) is 12.0. The first-order valence-corrected chi connectivity index (χ1v) is 6.71. The number of imidazole rings is 1. The Morgan fingerprint density at radius 1 is 1.50 bits per heavy atom. The number of rotatable bonds is 5. The van der Waals surface area contributed by atoms with Crippen LogP contribution >= 0.6 is 0 Å². The van der Waals surface area contributed by atoms with Crippen LogP contribution in [0, 0.1) is 0 Å². The van der Waals surface area contributed by atoms with Gasteiger partial charge in [-0.1, -0.05) is 18.2 Å². The number of urea groups is 1. The fourth-order valence-electron chi connectivity index (χ4n) is 2.18. The summed E-state index contributed by atoms with van der Waals surface area (Å²) in [4.78, 5) is 18.1. The fourth-order valence-corrected chi connectivity index (χ4v) is 2.18. The van der Waals surface area contributed by atoms with E-state index in [1.54, 1.807) is 18.0 Å². The molecular formula is C15H20N4O. The zero-order valence-electron chi connectivity index (χ0n) is 12.0. The summed E-state index contributed by atoms with van der Waals surface area (Å²) < 4.78 is 2.13. The maximum absolute atomic E-state index is 11.9. The Bertz CT molecular complexity index is 617. The molecule has 2 rings (SSSR count). The average molecular weight is 272 g/mol. The second kappa shape index (κ2) is 6.23. The predicted molar refractivity (Wildman–Crippen MR) is 80.5 cm³/mol. The summed E-state index contributed by atoms with van der Waals surface area (Å²) in [5.41, 5.74) is 2.06. The standard InChI is InChI=1S/C15H20N4O/c1-4-10-16-15(20)18(3)11-14-17-12-8-6-7-9-13(12)19(14)5-2/h4,6-9H,1,5,10-11H2,2-3H3,(H,16,20). The quantitative estimate of drug-likeness (QED) is 0.850. The molecular weight excluding hydrogens is 252 g/mol. The van der Waals surface area contributed by atoms with Crippen LogP contribution in [-0.2, 0) is 13.1 Å². The number of carbonyl (C=O) groups is 1. The van der Waals surface area contributed by atoms with Crippen molar-refractivity contribution in [2.24, 2.45) is 0 Å². The number of para-hydroxylation sites is 2. The lowest BCUT2D eigenvalue weighted by atomic mass is 10.3. The Morgan fingerprint density at radius 2 is 2.25 bits per heavy atom. The molecule has 0 fully saturated rings. The number of aryl methyl sites for hydroxylation is 1. The maximum atomic E-state index is 11.9. The van der Waals surface area contributed by atoms with E-state index in [0.717, 1.165) is 23.4 Å². The van der Waals surface area contributed by atoms with Gasteiger partial charge in [0.25, 0.3) is 0 Å². The van der Waals surface area contributed by atoms with Crippen LogP contribution in [0.15, 0.2) is 36.9 Å². The van der Waals surface area contributed by atoms with Gasteiger partial charge in [-0.05, 0) is 19.1 Å². The van der Waals surface area contributed by atoms with E-state index in [1.165, 1.54) is 0 Å². The third-order valence-corrected chi connectivity index (χ3v) is 3.17. The number of hydrogen-bond donors (Lipinski definition) is 1. The highest BCUT2D eigenvalue weighted by Gasteiger charge is 2.14. The summed E-state index contributed by atoms with van der Waals surface area (Å²) in [6, 6.07) is 7.88. The lowest BCUT2D eigenvalue weighted by Gasteiger charge is -2.17. The molecule has 20 heavy (non-hydrogen) atoms. The van der Waals surface area contributed by atoms with Gasteiger partial charge in [0.15, 0.2) is 0 Å². The van der Waals surface area contributed by atoms with E-state index in [2.05, 4.69) is 28.4 Å². The Morgan fingerprint density at radius 3 is 2.95 bits per heavy atom. The third-order valence-electron chi connectivity index (χ3n) is 3.17. The number of amides is 2. The van der Waals surface area contributed by atoms with Gasteiger partial charge < -0.3 is 14.8 Å². The van der Waals surface area contributed by atoms with Gasteiger partial charge in [-0.3, -0.25) is 0 Å². The molecule has 1 aromatic carbocycles. The highest BCUT2D eigenvalue weighted by molar-refractivity contribution is 5.76. The molecule has 2 aromatic rings. The Labute approximate surface area is 118 Å². The molecule has 0 aliphatic carbocycles. The summed E-state index contributed by atoms with van der Waals surface area (Å²) >= 11 is 0. The van der Waals surface area contributed by atoms with Crippen LogP contribution in [0.1, 0.15) is 12.7 Å². The van der Waals surface area contributed by atoms with E-state index in [-0.39, 0.29) is 6.03 Å². The molecule has 0 saturated heterocycles. The van der Waals surface area contributed by atoms with E-state index in [4.69, 9.17) is 0 Å². The molecule has 0 aliphatic heterocycles. The molecule has 1 N–H and O–H groups in total. The van der Waals surface area contributed by atoms with E-state index in [0.29, 0.717) is 13.1 Å². The molecule has 1 heterocycles. The van der Waals surface area contributed by atoms with Crippen LogP contribution in [0.25, 0.3) is 11.0 Å². The minimum atomic E-state index is -0.125. The fraction of sp³-hybridized carbons (Fsp3) is 0.333. The van der Waals surface area contributed by atoms with Crippen LogP contribution < -0.4 is 5.32 Å². The lowest BCUT2D eigenvalue weighted by molar-refractivity contribution is 0.206. The van der Waals surface area contributed by atoms with Gasteiger partial charge in [0, 0.05) is 20.1 Å². The van der Waals surface area contributed by atoms with Crippen molar-refractivity contribution in [3.05, 3.63) is 42.7 Å². The van der Waals surface area contributed by atoms with Crippen molar-refractivity contribution in [1.29, 1.82) is 0 Å². The van der Waals surface area contributed by atoms with Crippen molar-refractivity contribution in [3.63, 3.8) is 0 Å². The van der Waals surface area contributed by atoms with Crippen molar-refractivity contribution in [1.82, 2.24) is 19.8 Å². The first kappa shape index (κ1) is 14.1. The summed E-state index contributed by atoms with van der Waals surface area (Å²) in [5.74, 6) is 0.893. The number of carbonyl (C=O) groups excluding carboxylic acids is 1. The normalized spacial score (nSPS) is 10.5. The van der Waals surface area contributed by atoms with Crippen molar-refractivity contribution >= 4 is 17.1 Å². The average Bonchev–Trinajstić information content (AvgIpc) is 2.81. The molecule has 0 spiro atoms. The summed E-state index contributed by atoms with van der Waals surface area (Å²) in [6.45, 7) is 7.44. The van der Waals surface area contributed by atoms with Gasteiger partial charge in [0.2, 0.25) is 0 Å². The second-order valence-electron chi connectivity index (χ2n) is 4.59. The summed E-state index contributed by atoms with van der Waals surface area (Å²) in [6.07, 6.45) is 1.66. The number of aromatic nitrogens is 2. The van der Waals surface area contributed by atoms with Crippen LogP contribution in [0.5, 0.6) is 0 Å². The Balaban J connectivity index is 2.20. The molecule has 0 atom stereocenters. The van der Waals surface area contributed by atoms with Gasteiger partial charge >= 0.3 is 6.03 Å². The Hall–Kier alpha value is -2.30. The molecule has 0 bridgehead atoms. The first-order valence-electron chi connectivity index (χ1n) is 6.71. The highest BCUT2D eigenvalue weighted by Crippen LogP contribution is 2.16. The molecule has 5 nitrogen and oxygen atoms in total. The van der Waals surface area contributed by atoms with Crippen molar-refractivity contribution in [2.75, 3.05) is 13.6 Å². The molecule has 2 amide bonds. The van der Waals surface area contributed by atoms with Crippen LogP contribution in [0.2, 0.25) is 0 Å². The lowest BCUT2D eigenvalue weighted by Crippen LogP contribution is -2.37. The summed E-state index contributed by atoms with van der Waals surface area (Å²) in [7, 11) is 1.76. The molecule has 0 aliphatic rings. The molecule has 0 radical (unpaired) electrons.